The number of rotatable bonds is 6. The molecule has 5 nitrogen and oxygen atoms in total. The maximum Gasteiger partial charge on any atom is 0.201 e. The number of hydrogen-bond donors (Lipinski definition) is 2. The average molecular weight is 313 g/mol. The first kappa shape index (κ1) is 15.0. The molecule has 2 fully saturated rings. The Labute approximate surface area is 138 Å². The quantitative estimate of drug-likeness (QED) is 0.859. The van der Waals surface area contributed by atoms with Gasteiger partial charge in [0.05, 0.1) is 11.0 Å². The Balaban J connectivity index is 1.30. The molecule has 23 heavy (non-hydrogen) atoms. The van der Waals surface area contributed by atoms with E-state index >= 15 is 0 Å². The normalized spacial score (nSPS) is 23.2. The zero-order valence-corrected chi connectivity index (χ0v) is 14.2. The highest BCUT2D eigenvalue weighted by Crippen LogP contribution is 2.56. The molecule has 0 amide bonds. The first-order chi connectivity index (χ1) is 11.1. The third-order valence-corrected chi connectivity index (χ3v) is 5.47. The number of nitrogens with one attached hydrogen (secondary N) is 2. The van der Waals surface area contributed by atoms with Crippen LogP contribution in [0.1, 0.15) is 12.8 Å². The number of likely N-dealkylation sites (tertiary alicyclic amines) is 1. The van der Waals surface area contributed by atoms with E-state index in [1.807, 2.05) is 18.2 Å². The summed E-state index contributed by atoms with van der Waals surface area (Å²) >= 11 is 0. The van der Waals surface area contributed by atoms with Gasteiger partial charge >= 0.3 is 0 Å². The van der Waals surface area contributed by atoms with Gasteiger partial charge in [-0.3, -0.25) is 0 Å². The van der Waals surface area contributed by atoms with E-state index in [1.54, 1.807) is 0 Å². The Bertz CT molecular complexity index is 640. The van der Waals surface area contributed by atoms with Crippen LogP contribution in [-0.2, 0) is 0 Å². The minimum absolute atomic E-state index is 0.642. The molecule has 1 aliphatic heterocycles. The minimum atomic E-state index is 0.642. The van der Waals surface area contributed by atoms with Crippen LogP contribution in [0.15, 0.2) is 24.3 Å². The van der Waals surface area contributed by atoms with Gasteiger partial charge in [0.2, 0.25) is 5.95 Å². The number of benzene rings is 1. The van der Waals surface area contributed by atoms with Crippen molar-refractivity contribution in [1.29, 1.82) is 0 Å². The summed E-state index contributed by atoms with van der Waals surface area (Å²) < 4.78 is 0. The minimum Gasteiger partial charge on any atom is -0.355 e. The molecular weight excluding hydrogens is 286 g/mol. The van der Waals surface area contributed by atoms with Crippen LogP contribution in [-0.4, -0.2) is 66.6 Å². The van der Waals surface area contributed by atoms with Crippen molar-refractivity contribution in [2.24, 2.45) is 11.3 Å². The molecule has 0 radical (unpaired) electrons. The van der Waals surface area contributed by atoms with E-state index in [1.165, 1.54) is 32.5 Å². The van der Waals surface area contributed by atoms with Crippen molar-refractivity contribution in [3.05, 3.63) is 24.3 Å². The molecule has 2 aliphatic rings. The molecule has 5 heteroatoms. The van der Waals surface area contributed by atoms with Crippen molar-refractivity contribution in [1.82, 2.24) is 19.8 Å². The Morgan fingerprint density at radius 1 is 1.35 bits per heavy atom. The zero-order valence-electron chi connectivity index (χ0n) is 14.2. The lowest BCUT2D eigenvalue weighted by atomic mass is 9.93. The van der Waals surface area contributed by atoms with Crippen LogP contribution in [0, 0.1) is 11.3 Å². The molecule has 2 aromatic rings. The zero-order chi connectivity index (χ0) is 15.9. The summed E-state index contributed by atoms with van der Waals surface area (Å²) in [6.07, 6.45) is 2.86. The molecule has 1 aliphatic carbocycles. The molecule has 1 unspecified atom stereocenters. The molecule has 124 valence electrons. The summed E-state index contributed by atoms with van der Waals surface area (Å²) in [5, 5.41) is 3.45. The van der Waals surface area contributed by atoms with Crippen LogP contribution < -0.4 is 5.32 Å². The van der Waals surface area contributed by atoms with E-state index in [0.29, 0.717) is 5.41 Å². The predicted octanol–water partition coefficient (Wildman–Crippen LogP) is 2.25. The van der Waals surface area contributed by atoms with Crippen molar-refractivity contribution in [3.8, 4) is 0 Å². The van der Waals surface area contributed by atoms with Gasteiger partial charge in [0, 0.05) is 32.7 Å². The fourth-order valence-corrected chi connectivity index (χ4v) is 4.10. The lowest BCUT2D eigenvalue weighted by molar-refractivity contribution is 0.274. The van der Waals surface area contributed by atoms with Crippen LogP contribution in [0.5, 0.6) is 0 Å². The Hall–Kier alpha value is -1.59. The van der Waals surface area contributed by atoms with E-state index < -0.39 is 0 Å². The predicted molar refractivity (Wildman–Crippen MR) is 94.7 cm³/mol. The lowest BCUT2D eigenvalue weighted by Gasteiger charge is -2.21. The Morgan fingerprint density at radius 3 is 2.91 bits per heavy atom. The van der Waals surface area contributed by atoms with Crippen molar-refractivity contribution < 1.29 is 0 Å². The molecule has 2 N–H and O–H groups in total. The molecule has 1 spiro atoms. The molecule has 4 rings (SSSR count). The van der Waals surface area contributed by atoms with Crippen LogP contribution in [0.3, 0.4) is 0 Å². The number of hydrogen-bond acceptors (Lipinski definition) is 4. The van der Waals surface area contributed by atoms with Crippen molar-refractivity contribution >= 4 is 17.0 Å². The SMILES string of the molecule is CN(C)CC1CN(CCNc2nc3ccccc3[nH]2)CC12CC2. The maximum absolute atomic E-state index is 4.58. The van der Waals surface area contributed by atoms with Crippen molar-refractivity contribution in [2.45, 2.75) is 12.8 Å². The van der Waals surface area contributed by atoms with Gasteiger partial charge < -0.3 is 20.1 Å². The van der Waals surface area contributed by atoms with Gasteiger partial charge in [-0.15, -0.1) is 0 Å². The summed E-state index contributed by atoms with van der Waals surface area (Å²) in [7, 11) is 4.39. The standard InChI is InChI=1S/C18H27N5/c1-22(2)11-14-12-23(13-18(14)7-8-18)10-9-19-17-20-15-5-3-4-6-16(15)21-17/h3-6,14H,7-13H2,1-2H3,(H2,19,20,21). The van der Waals surface area contributed by atoms with Gasteiger partial charge in [0.15, 0.2) is 0 Å². The molecule has 1 saturated heterocycles. The molecule has 1 saturated carbocycles. The highest BCUT2D eigenvalue weighted by atomic mass is 15.2. The largest absolute Gasteiger partial charge is 0.355 e. The summed E-state index contributed by atoms with van der Waals surface area (Å²) in [5.41, 5.74) is 2.77. The number of aromatic nitrogens is 2. The van der Waals surface area contributed by atoms with E-state index in [4.69, 9.17) is 0 Å². The molecule has 1 aromatic heterocycles. The van der Waals surface area contributed by atoms with Gasteiger partial charge in [-0.1, -0.05) is 12.1 Å². The fraction of sp³-hybridized carbons (Fsp3) is 0.611. The number of imidazole rings is 1. The number of anilines is 1. The number of fused-ring (bicyclic) bond motifs is 1. The van der Waals surface area contributed by atoms with E-state index in [9.17, 15) is 0 Å². The van der Waals surface area contributed by atoms with E-state index in [2.05, 4.69) is 45.2 Å². The van der Waals surface area contributed by atoms with Crippen LogP contribution in [0.4, 0.5) is 5.95 Å². The maximum atomic E-state index is 4.58. The first-order valence-corrected chi connectivity index (χ1v) is 8.70. The summed E-state index contributed by atoms with van der Waals surface area (Å²) in [4.78, 5) is 12.9. The average Bonchev–Trinajstić information content (AvgIpc) is 3.04. The smallest absolute Gasteiger partial charge is 0.201 e. The Kier molecular flexibility index (Phi) is 3.77. The summed E-state index contributed by atoms with van der Waals surface area (Å²) in [5.74, 6) is 1.74. The molecule has 1 atom stereocenters. The monoisotopic (exact) mass is 313 g/mol. The second kappa shape index (κ2) is 5.80. The van der Waals surface area contributed by atoms with E-state index in [0.717, 1.165) is 36.0 Å². The number of H-pyrrole nitrogens is 1. The highest BCUT2D eigenvalue weighted by molar-refractivity contribution is 5.77. The second-order valence-corrected chi connectivity index (χ2v) is 7.59. The topological polar surface area (TPSA) is 47.2 Å². The molecule has 1 aromatic carbocycles. The highest BCUT2D eigenvalue weighted by Gasteiger charge is 2.54. The number of aromatic amines is 1. The van der Waals surface area contributed by atoms with Crippen molar-refractivity contribution in [2.75, 3.05) is 52.1 Å². The van der Waals surface area contributed by atoms with Gasteiger partial charge in [-0.25, -0.2) is 4.98 Å². The molecular formula is C18H27N5. The second-order valence-electron chi connectivity index (χ2n) is 7.59. The number of para-hydroxylation sites is 2. The van der Waals surface area contributed by atoms with Gasteiger partial charge in [-0.05, 0) is 50.4 Å². The number of nitrogens with zero attached hydrogens (tertiary/aromatic N) is 3. The molecule has 2 heterocycles. The van der Waals surface area contributed by atoms with Crippen LogP contribution >= 0.6 is 0 Å². The third kappa shape index (κ3) is 3.08. The first-order valence-electron chi connectivity index (χ1n) is 8.70. The lowest BCUT2D eigenvalue weighted by Crippen LogP contribution is -2.29. The van der Waals surface area contributed by atoms with Gasteiger partial charge in [-0.2, -0.15) is 0 Å². The fourth-order valence-electron chi connectivity index (χ4n) is 4.10. The Morgan fingerprint density at radius 2 is 2.17 bits per heavy atom. The summed E-state index contributed by atoms with van der Waals surface area (Å²) in [6, 6.07) is 8.17. The van der Waals surface area contributed by atoms with Crippen LogP contribution in [0.25, 0.3) is 11.0 Å². The van der Waals surface area contributed by atoms with Crippen molar-refractivity contribution in [3.63, 3.8) is 0 Å². The third-order valence-electron chi connectivity index (χ3n) is 5.47. The molecule has 0 bridgehead atoms. The van der Waals surface area contributed by atoms with Gasteiger partial charge in [0.25, 0.3) is 0 Å². The van der Waals surface area contributed by atoms with E-state index in [-0.39, 0.29) is 0 Å². The van der Waals surface area contributed by atoms with Gasteiger partial charge in [0.1, 0.15) is 0 Å². The van der Waals surface area contributed by atoms with Crippen LogP contribution in [0.2, 0.25) is 0 Å². The summed E-state index contributed by atoms with van der Waals surface area (Å²) in [6.45, 7) is 5.81.